The second kappa shape index (κ2) is 7.49. The molecule has 1 aliphatic rings. The zero-order valence-corrected chi connectivity index (χ0v) is 14.2. The summed E-state index contributed by atoms with van der Waals surface area (Å²) in [5.41, 5.74) is 1.18. The molecule has 1 atom stereocenters. The van der Waals surface area contributed by atoms with Crippen molar-refractivity contribution in [1.29, 1.82) is 0 Å². The number of hydrogen-bond donors (Lipinski definition) is 1. The number of carbonyl (C=O) groups is 3. The van der Waals surface area contributed by atoms with Gasteiger partial charge in [-0.25, -0.2) is 0 Å². The number of amides is 2. The Morgan fingerprint density at radius 1 is 1.08 bits per heavy atom. The second-order valence-electron chi connectivity index (χ2n) is 5.94. The van der Waals surface area contributed by atoms with Gasteiger partial charge in [-0.2, -0.15) is 0 Å². The Morgan fingerprint density at radius 3 is 2.48 bits per heavy atom. The standard InChI is InChI=1S/C19H17ClN2O3/c20-16-9-5-4-8-14(16)11-22-12-15(10-17(22)23)21-19(25)18(24)13-6-2-1-3-7-13/h1-9,15H,10-12H2,(H,21,25). The summed E-state index contributed by atoms with van der Waals surface area (Å²) in [5.74, 6) is -1.36. The Kier molecular flexibility index (Phi) is 5.14. The molecule has 1 fully saturated rings. The average Bonchev–Trinajstić information content (AvgIpc) is 2.96. The van der Waals surface area contributed by atoms with Gasteiger partial charge < -0.3 is 10.2 Å². The van der Waals surface area contributed by atoms with E-state index in [1.807, 2.05) is 18.2 Å². The van der Waals surface area contributed by atoms with Crippen molar-refractivity contribution in [2.45, 2.75) is 19.0 Å². The van der Waals surface area contributed by atoms with E-state index in [4.69, 9.17) is 11.6 Å². The van der Waals surface area contributed by atoms with E-state index < -0.39 is 11.7 Å². The van der Waals surface area contributed by atoms with Crippen molar-refractivity contribution in [1.82, 2.24) is 10.2 Å². The van der Waals surface area contributed by atoms with Crippen molar-refractivity contribution in [2.75, 3.05) is 6.54 Å². The van der Waals surface area contributed by atoms with Gasteiger partial charge in [0.2, 0.25) is 11.7 Å². The topological polar surface area (TPSA) is 66.5 Å². The van der Waals surface area contributed by atoms with Crippen molar-refractivity contribution in [3.63, 3.8) is 0 Å². The molecule has 1 heterocycles. The van der Waals surface area contributed by atoms with Crippen LogP contribution in [0, 0.1) is 0 Å². The Balaban J connectivity index is 1.60. The number of hydrogen-bond acceptors (Lipinski definition) is 3. The van der Waals surface area contributed by atoms with Crippen molar-refractivity contribution in [3.05, 3.63) is 70.7 Å². The molecule has 1 N–H and O–H groups in total. The highest BCUT2D eigenvalue weighted by Gasteiger charge is 2.32. The van der Waals surface area contributed by atoms with E-state index in [0.717, 1.165) is 5.56 Å². The van der Waals surface area contributed by atoms with Crippen LogP contribution in [-0.4, -0.2) is 35.1 Å². The van der Waals surface area contributed by atoms with Crippen LogP contribution in [-0.2, 0) is 16.1 Å². The largest absolute Gasteiger partial charge is 0.344 e. The molecule has 5 nitrogen and oxygen atoms in total. The molecular weight excluding hydrogens is 340 g/mol. The molecule has 0 saturated carbocycles. The number of halogens is 1. The summed E-state index contributed by atoms with van der Waals surface area (Å²) in [6, 6.07) is 15.3. The normalized spacial score (nSPS) is 16.8. The molecule has 25 heavy (non-hydrogen) atoms. The maximum atomic E-state index is 12.2. The first-order valence-electron chi connectivity index (χ1n) is 7.96. The quantitative estimate of drug-likeness (QED) is 0.661. The number of likely N-dealkylation sites (tertiary alicyclic amines) is 1. The fraction of sp³-hybridized carbons (Fsp3) is 0.211. The van der Waals surface area contributed by atoms with Crippen LogP contribution in [0.15, 0.2) is 54.6 Å². The fourth-order valence-corrected chi connectivity index (χ4v) is 3.02. The lowest BCUT2D eigenvalue weighted by molar-refractivity contribution is -0.128. The van der Waals surface area contributed by atoms with Crippen LogP contribution >= 0.6 is 11.6 Å². The number of carbonyl (C=O) groups excluding carboxylic acids is 3. The van der Waals surface area contributed by atoms with Crippen LogP contribution in [0.3, 0.4) is 0 Å². The van der Waals surface area contributed by atoms with E-state index in [-0.39, 0.29) is 18.4 Å². The predicted octanol–water partition coefficient (Wildman–Crippen LogP) is 2.44. The molecule has 0 aliphatic carbocycles. The van der Waals surface area contributed by atoms with Crippen molar-refractivity contribution >= 4 is 29.2 Å². The molecule has 3 rings (SSSR count). The van der Waals surface area contributed by atoms with Crippen LogP contribution in [0.2, 0.25) is 5.02 Å². The van der Waals surface area contributed by atoms with E-state index >= 15 is 0 Å². The lowest BCUT2D eigenvalue weighted by Crippen LogP contribution is -2.40. The van der Waals surface area contributed by atoms with Gasteiger partial charge >= 0.3 is 0 Å². The van der Waals surface area contributed by atoms with Crippen molar-refractivity contribution in [3.8, 4) is 0 Å². The van der Waals surface area contributed by atoms with E-state index in [0.29, 0.717) is 23.7 Å². The van der Waals surface area contributed by atoms with Gasteiger partial charge in [0.25, 0.3) is 5.91 Å². The van der Waals surface area contributed by atoms with Crippen LogP contribution < -0.4 is 5.32 Å². The predicted molar refractivity (Wildman–Crippen MR) is 94.2 cm³/mol. The molecule has 2 aromatic rings. The van der Waals surface area contributed by atoms with Gasteiger partial charge in [0.1, 0.15) is 0 Å². The number of benzene rings is 2. The monoisotopic (exact) mass is 356 g/mol. The average molecular weight is 357 g/mol. The van der Waals surface area contributed by atoms with Gasteiger partial charge in [-0.1, -0.05) is 60.1 Å². The highest BCUT2D eigenvalue weighted by atomic mass is 35.5. The molecule has 2 amide bonds. The molecule has 1 saturated heterocycles. The van der Waals surface area contributed by atoms with E-state index in [1.54, 1.807) is 41.3 Å². The molecule has 6 heteroatoms. The zero-order chi connectivity index (χ0) is 17.8. The smallest absolute Gasteiger partial charge is 0.292 e. The third-order valence-corrected chi connectivity index (χ3v) is 4.48. The molecule has 0 spiro atoms. The first-order chi connectivity index (χ1) is 12.0. The second-order valence-corrected chi connectivity index (χ2v) is 6.34. The molecule has 1 aliphatic heterocycles. The number of nitrogens with zero attached hydrogens (tertiary/aromatic N) is 1. The molecule has 1 unspecified atom stereocenters. The summed E-state index contributed by atoms with van der Waals surface area (Å²) < 4.78 is 0. The van der Waals surface area contributed by atoms with Crippen LogP contribution in [0.5, 0.6) is 0 Å². The summed E-state index contributed by atoms with van der Waals surface area (Å²) in [6.07, 6.45) is 0.179. The minimum absolute atomic E-state index is 0.0719. The maximum Gasteiger partial charge on any atom is 0.292 e. The van der Waals surface area contributed by atoms with Crippen LogP contribution in [0.1, 0.15) is 22.3 Å². The van der Waals surface area contributed by atoms with E-state index in [9.17, 15) is 14.4 Å². The van der Waals surface area contributed by atoms with Gasteiger partial charge in [0.15, 0.2) is 0 Å². The molecule has 2 aromatic carbocycles. The summed E-state index contributed by atoms with van der Waals surface area (Å²) in [4.78, 5) is 38.0. The van der Waals surface area contributed by atoms with Crippen LogP contribution in [0.25, 0.3) is 0 Å². The SMILES string of the molecule is O=C(NC1CC(=O)N(Cc2ccccc2Cl)C1)C(=O)c1ccccc1. The number of nitrogens with one attached hydrogen (secondary N) is 1. The Labute approximate surface area is 150 Å². The summed E-state index contributed by atoms with van der Waals surface area (Å²) >= 11 is 6.13. The number of rotatable bonds is 5. The Hall–Kier alpha value is -2.66. The molecular formula is C19H17ClN2O3. The summed E-state index contributed by atoms with van der Waals surface area (Å²) in [7, 11) is 0. The third-order valence-electron chi connectivity index (χ3n) is 4.11. The third kappa shape index (κ3) is 4.06. The fourth-order valence-electron chi connectivity index (χ4n) is 2.83. The maximum absolute atomic E-state index is 12.2. The van der Waals surface area contributed by atoms with Gasteiger partial charge in [0.05, 0.1) is 6.04 Å². The summed E-state index contributed by atoms with van der Waals surface area (Å²) in [5, 5.41) is 3.25. The molecule has 0 radical (unpaired) electrons. The van der Waals surface area contributed by atoms with Crippen molar-refractivity contribution < 1.29 is 14.4 Å². The van der Waals surface area contributed by atoms with Gasteiger partial charge in [0, 0.05) is 30.1 Å². The first kappa shape index (κ1) is 17.2. The molecule has 0 aromatic heterocycles. The van der Waals surface area contributed by atoms with Gasteiger partial charge in [-0.05, 0) is 11.6 Å². The highest BCUT2D eigenvalue weighted by molar-refractivity contribution is 6.42. The van der Waals surface area contributed by atoms with Crippen LogP contribution in [0.4, 0.5) is 0 Å². The zero-order valence-electron chi connectivity index (χ0n) is 13.4. The van der Waals surface area contributed by atoms with Gasteiger partial charge in [-0.15, -0.1) is 0 Å². The Morgan fingerprint density at radius 2 is 1.76 bits per heavy atom. The molecule has 128 valence electrons. The van der Waals surface area contributed by atoms with Gasteiger partial charge in [-0.3, -0.25) is 14.4 Å². The number of ketones is 1. The minimum atomic E-state index is -0.691. The van der Waals surface area contributed by atoms with E-state index in [1.165, 1.54) is 0 Å². The lowest BCUT2D eigenvalue weighted by atomic mass is 10.1. The van der Waals surface area contributed by atoms with Crippen molar-refractivity contribution in [2.24, 2.45) is 0 Å². The highest BCUT2D eigenvalue weighted by Crippen LogP contribution is 2.20. The minimum Gasteiger partial charge on any atom is -0.344 e. The Bertz CT molecular complexity index is 807. The lowest BCUT2D eigenvalue weighted by Gasteiger charge is -2.17. The summed E-state index contributed by atoms with van der Waals surface area (Å²) in [6.45, 7) is 0.745. The number of Topliss-reactive ketones (excluding diaryl/α,β-unsaturated/α-hetero) is 1. The molecule has 0 bridgehead atoms. The van der Waals surface area contributed by atoms with E-state index in [2.05, 4.69) is 5.32 Å². The first-order valence-corrected chi connectivity index (χ1v) is 8.34.